The van der Waals surface area contributed by atoms with E-state index in [1.54, 1.807) is 18.2 Å². The molecule has 0 fully saturated rings. The van der Waals surface area contributed by atoms with E-state index < -0.39 is 0 Å². The standard InChI is InChI=1S/C19H18FNO/c20-18-12-5-4-11-17(18)19(14-7-2-1-3-8-14)21-15-9-6-10-16(22)13-15/h1-5,7-8,11-13,19,21H,6,9-10H2. The van der Waals surface area contributed by atoms with Gasteiger partial charge in [-0.15, -0.1) is 0 Å². The Balaban J connectivity index is 1.97. The third-order valence-electron chi connectivity index (χ3n) is 3.88. The van der Waals surface area contributed by atoms with Crippen molar-refractivity contribution in [2.45, 2.75) is 25.3 Å². The van der Waals surface area contributed by atoms with Crippen molar-refractivity contribution < 1.29 is 9.18 Å². The fraction of sp³-hybridized carbons (Fsp3) is 0.211. The zero-order chi connectivity index (χ0) is 15.4. The maximum Gasteiger partial charge on any atom is 0.157 e. The van der Waals surface area contributed by atoms with Gasteiger partial charge in [-0.2, -0.15) is 0 Å². The van der Waals surface area contributed by atoms with Crippen LogP contribution in [0.4, 0.5) is 4.39 Å². The number of hydrogen-bond acceptors (Lipinski definition) is 2. The van der Waals surface area contributed by atoms with E-state index in [4.69, 9.17) is 0 Å². The van der Waals surface area contributed by atoms with E-state index in [1.165, 1.54) is 6.07 Å². The minimum absolute atomic E-state index is 0.133. The summed E-state index contributed by atoms with van der Waals surface area (Å²) < 4.78 is 14.2. The van der Waals surface area contributed by atoms with E-state index in [2.05, 4.69) is 5.32 Å². The fourth-order valence-electron chi connectivity index (χ4n) is 2.79. The van der Waals surface area contributed by atoms with Crippen LogP contribution in [0.25, 0.3) is 0 Å². The summed E-state index contributed by atoms with van der Waals surface area (Å²) in [5.41, 5.74) is 2.45. The average Bonchev–Trinajstić information content (AvgIpc) is 2.54. The summed E-state index contributed by atoms with van der Waals surface area (Å²) in [6.07, 6.45) is 3.92. The van der Waals surface area contributed by atoms with Crippen LogP contribution in [-0.2, 0) is 4.79 Å². The lowest BCUT2D eigenvalue weighted by Crippen LogP contribution is -2.25. The van der Waals surface area contributed by atoms with Crippen molar-refractivity contribution in [3.8, 4) is 0 Å². The Morgan fingerprint density at radius 2 is 1.68 bits per heavy atom. The molecule has 3 rings (SSSR count). The summed E-state index contributed by atoms with van der Waals surface area (Å²) in [7, 11) is 0. The van der Waals surface area contributed by atoms with Crippen molar-refractivity contribution in [2.75, 3.05) is 0 Å². The molecule has 0 spiro atoms. The molecular weight excluding hydrogens is 277 g/mol. The second kappa shape index (κ2) is 6.56. The van der Waals surface area contributed by atoms with Gasteiger partial charge in [-0.1, -0.05) is 48.5 Å². The quantitative estimate of drug-likeness (QED) is 0.918. The van der Waals surface area contributed by atoms with Crippen LogP contribution in [0.2, 0.25) is 0 Å². The molecule has 2 nitrogen and oxygen atoms in total. The first kappa shape index (κ1) is 14.5. The first-order valence-corrected chi connectivity index (χ1v) is 7.53. The highest BCUT2D eigenvalue weighted by Gasteiger charge is 2.20. The molecule has 1 N–H and O–H groups in total. The molecule has 2 aromatic carbocycles. The van der Waals surface area contributed by atoms with Gasteiger partial charge in [0, 0.05) is 23.8 Å². The molecule has 22 heavy (non-hydrogen) atoms. The summed E-state index contributed by atoms with van der Waals surface area (Å²) in [5, 5.41) is 3.36. The van der Waals surface area contributed by atoms with Gasteiger partial charge in [0.25, 0.3) is 0 Å². The summed E-state index contributed by atoms with van der Waals surface area (Å²) in [5.74, 6) is -0.110. The SMILES string of the molecule is O=C1C=C(NC(c2ccccc2)c2ccccc2F)CCC1. The Morgan fingerprint density at radius 1 is 0.955 bits per heavy atom. The van der Waals surface area contributed by atoms with Crippen LogP contribution in [0.15, 0.2) is 66.4 Å². The number of benzene rings is 2. The Morgan fingerprint density at radius 3 is 2.41 bits per heavy atom. The lowest BCUT2D eigenvalue weighted by molar-refractivity contribution is -0.115. The van der Waals surface area contributed by atoms with Gasteiger partial charge >= 0.3 is 0 Å². The van der Waals surface area contributed by atoms with Crippen LogP contribution in [0, 0.1) is 5.82 Å². The van der Waals surface area contributed by atoms with Crippen molar-refractivity contribution in [3.63, 3.8) is 0 Å². The molecule has 1 aliphatic carbocycles. The molecule has 0 aliphatic heterocycles. The van der Waals surface area contributed by atoms with Crippen LogP contribution in [0.3, 0.4) is 0 Å². The van der Waals surface area contributed by atoms with Crippen molar-refractivity contribution >= 4 is 5.78 Å². The predicted octanol–water partition coefficient (Wildman–Crippen LogP) is 4.14. The van der Waals surface area contributed by atoms with Gasteiger partial charge in [0.2, 0.25) is 0 Å². The highest BCUT2D eigenvalue weighted by molar-refractivity contribution is 5.91. The molecule has 2 aromatic rings. The van der Waals surface area contributed by atoms with E-state index in [0.717, 1.165) is 24.1 Å². The van der Waals surface area contributed by atoms with Gasteiger partial charge in [0.15, 0.2) is 5.78 Å². The summed E-state index contributed by atoms with van der Waals surface area (Å²) in [4.78, 5) is 11.6. The molecule has 1 unspecified atom stereocenters. The maximum atomic E-state index is 14.2. The van der Waals surface area contributed by atoms with Gasteiger partial charge in [0.1, 0.15) is 5.82 Å². The molecule has 0 heterocycles. The molecule has 0 amide bonds. The predicted molar refractivity (Wildman–Crippen MR) is 84.8 cm³/mol. The number of halogens is 1. The zero-order valence-corrected chi connectivity index (χ0v) is 12.3. The maximum absolute atomic E-state index is 14.2. The number of rotatable bonds is 4. The molecule has 0 radical (unpaired) electrons. The Bertz CT molecular complexity index is 694. The second-order valence-electron chi connectivity index (χ2n) is 5.50. The van der Waals surface area contributed by atoms with Crippen LogP contribution < -0.4 is 5.32 Å². The Labute approximate surface area is 129 Å². The van der Waals surface area contributed by atoms with E-state index in [9.17, 15) is 9.18 Å². The van der Waals surface area contributed by atoms with E-state index in [1.807, 2.05) is 36.4 Å². The minimum atomic E-state index is -0.292. The van der Waals surface area contributed by atoms with Crippen LogP contribution in [0.1, 0.15) is 36.4 Å². The van der Waals surface area contributed by atoms with E-state index >= 15 is 0 Å². The number of carbonyl (C=O) groups excluding carboxylic acids is 1. The monoisotopic (exact) mass is 295 g/mol. The lowest BCUT2D eigenvalue weighted by Gasteiger charge is -2.24. The molecule has 3 heteroatoms. The highest BCUT2D eigenvalue weighted by atomic mass is 19.1. The lowest BCUT2D eigenvalue weighted by atomic mass is 9.96. The third-order valence-corrected chi connectivity index (χ3v) is 3.88. The van der Waals surface area contributed by atoms with Crippen molar-refractivity contribution in [1.82, 2.24) is 5.32 Å². The first-order valence-electron chi connectivity index (χ1n) is 7.53. The second-order valence-corrected chi connectivity index (χ2v) is 5.50. The molecule has 0 bridgehead atoms. The molecule has 0 aromatic heterocycles. The summed E-state index contributed by atoms with van der Waals surface area (Å²) in [6, 6.07) is 16.2. The fourth-order valence-corrected chi connectivity index (χ4v) is 2.79. The number of ketones is 1. The van der Waals surface area contributed by atoms with Gasteiger partial charge in [0.05, 0.1) is 6.04 Å². The Kier molecular flexibility index (Phi) is 4.33. The van der Waals surface area contributed by atoms with Gasteiger partial charge in [-0.3, -0.25) is 4.79 Å². The topological polar surface area (TPSA) is 29.1 Å². The largest absolute Gasteiger partial charge is 0.377 e. The molecule has 0 saturated carbocycles. The van der Waals surface area contributed by atoms with Gasteiger partial charge < -0.3 is 5.32 Å². The number of nitrogens with one attached hydrogen (secondary N) is 1. The molecule has 1 aliphatic rings. The average molecular weight is 295 g/mol. The van der Waals surface area contributed by atoms with Gasteiger partial charge in [-0.25, -0.2) is 4.39 Å². The van der Waals surface area contributed by atoms with Crippen LogP contribution >= 0.6 is 0 Å². The van der Waals surface area contributed by atoms with Crippen LogP contribution in [-0.4, -0.2) is 5.78 Å². The third kappa shape index (κ3) is 3.25. The van der Waals surface area contributed by atoms with Crippen molar-refractivity contribution in [2.24, 2.45) is 0 Å². The Hall–Kier alpha value is -2.42. The molecule has 112 valence electrons. The molecular formula is C19H18FNO. The minimum Gasteiger partial charge on any atom is -0.377 e. The zero-order valence-electron chi connectivity index (χ0n) is 12.3. The molecule has 0 saturated heterocycles. The van der Waals surface area contributed by atoms with E-state index in [-0.39, 0.29) is 17.6 Å². The smallest absolute Gasteiger partial charge is 0.157 e. The number of allylic oxidation sites excluding steroid dienone is 2. The summed E-state index contributed by atoms with van der Waals surface area (Å²) >= 11 is 0. The molecule has 1 atom stereocenters. The number of hydrogen-bond donors (Lipinski definition) is 1. The van der Waals surface area contributed by atoms with Crippen LogP contribution in [0.5, 0.6) is 0 Å². The summed E-state index contributed by atoms with van der Waals surface area (Å²) in [6.45, 7) is 0. The highest BCUT2D eigenvalue weighted by Crippen LogP contribution is 2.27. The normalized spacial score (nSPS) is 16.0. The first-order chi connectivity index (χ1) is 10.7. The number of carbonyl (C=O) groups is 1. The van der Waals surface area contributed by atoms with Crippen molar-refractivity contribution in [1.29, 1.82) is 0 Å². The van der Waals surface area contributed by atoms with Gasteiger partial charge in [-0.05, 0) is 24.5 Å². The van der Waals surface area contributed by atoms with Crippen molar-refractivity contribution in [3.05, 3.63) is 83.3 Å². The van der Waals surface area contributed by atoms with E-state index in [0.29, 0.717) is 12.0 Å².